The van der Waals surface area contributed by atoms with Crippen molar-refractivity contribution in [3.05, 3.63) is 42.5 Å². The van der Waals surface area contributed by atoms with Crippen LogP contribution in [0.15, 0.2) is 42.5 Å². The Balaban J connectivity index is 2.32. The van der Waals surface area contributed by atoms with Crippen LogP contribution in [0.25, 0.3) is 0 Å². The summed E-state index contributed by atoms with van der Waals surface area (Å²) < 4.78 is 41.7. The highest BCUT2D eigenvalue weighted by Gasteiger charge is 2.29. The number of hydrogen-bond acceptors (Lipinski definition) is 6. The number of amides is 1. The first-order chi connectivity index (χ1) is 13.7. The molecule has 0 aliphatic rings. The standard InChI is InChI=1S/C20H26N2O6S/c1-6-28-16-9-7-15(8-10-16)22(29(5,24)25)14(2)20(23)21-18-13-17(26-3)11-12-19(18)27-4/h7-14H,6H2,1-5H3,(H,21,23)/t14-/m0/s1. The van der Waals surface area contributed by atoms with Gasteiger partial charge >= 0.3 is 0 Å². The number of carbonyl (C=O) groups is 1. The van der Waals surface area contributed by atoms with E-state index in [0.29, 0.717) is 35.2 Å². The molecule has 0 saturated carbocycles. The summed E-state index contributed by atoms with van der Waals surface area (Å²) >= 11 is 0. The van der Waals surface area contributed by atoms with Crippen LogP contribution in [0, 0.1) is 0 Å². The molecule has 0 fully saturated rings. The van der Waals surface area contributed by atoms with Gasteiger partial charge in [-0.05, 0) is 50.2 Å². The van der Waals surface area contributed by atoms with Crippen molar-refractivity contribution in [2.45, 2.75) is 19.9 Å². The maximum absolute atomic E-state index is 12.9. The van der Waals surface area contributed by atoms with Crippen LogP contribution in [0.5, 0.6) is 17.2 Å². The molecule has 2 aromatic rings. The maximum atomic E-state index is 12.9. The number of hydrogen-bond donors (Lipinski definition) is 1. The van der Waals surface area contributed by atoms with E-state index in [1.807, 2.05) is 6.92 Å². The average Bonchev–Trinajstić information content (AvgIpc) is 2.68. The molecule has 0 aliphatic carbocycles. The molecule has 1 amide bonds. The van der Waals surface area contributed by atoms with Crippen LogP contribution in [-0.4, -0.2) is 47.4 Å². The first-order valence-electron chi connectivity index (χ1n) is 8.96. The van der Waals surface area contributed by atoms with Crippen molar-refractivity contribution < 1.29 is 27.4 Å². The van der Waals surface area contributed by atoms with E-state index in [-0.39, 0.29) is 0 Å². The maximum Gasteiger partial charge on any atom is 0.248 e. The number of nitrogens with zero attached hydrogens (tertiary/aromatic N) is 1. The molecule has 2 rings (SSSR count). The van der Waals surface area contributed by atoms with Gasteiger partial charge < -0.3 is 19.5 Å². The van der Waals surface area contributed by atoms with Crippen molar-refractivity contribution in [1.82, 2.24) is 0 Å². The van der Waals surface area contributed by atoms with Crippen molar-refractivity contribution in [3.8, 4) is 17.2 Å². The SMILES string of the molecule is CCOc1ccc(N([C@@H](C)C(=O)Nc2cc(OC)ccc2OC)S(C)(=O)=O)cc1. The van der Waals surface area contributed by atoms with Crippen molar-refractivity contribution in [2.24, 2.45) is 0 Å². The molecule has 0 aromatic heterocycles. The minimum absolute atomic E-state index is 0.358. The summed E-state index contributed by atoms with van der Waals surface area (Å²) in [4.78, 5) is 12.9. The molecule has 0 unspecified atom stereocenters. The largest absolute Gasteiger partial charge is 0.497 e. The van der Waals surface area contributed by atoms with Gasteiger partial charge in [0.05, 0.1) is 38.5 Å². The third-order valence-corrected chi connectivity index (χ3v) is 5.40. The number of carbonyl (C=O) groups excluding carboxylic acids is 1. The Hall–Kier alpha value is -2.94. The molecular weight excluding hydrogens is 396 g/mol. The van der Waals surface area contributed by atoms with E-state index >= 15 is 0 Å². The predicted octanol–water partition coefficient (Wildman–Crippen LogP) is 2.90. The Morgan fingerprint density at radius 2 is 1.69 bits per heavy atom. The fourth-order valence-electron chi connectivity index (χ4n) is 2.81. The molecule has 0 bridgehead atoms. The van der Waals surface area contributed by atoms with Gasteiger partial charge in [-0.1, -0.05) is 0 Å². The molecule has 2 aromatic carbocycles. The van der Waals surface area contributed by atoms with E-state index in [0.717, 1.165) is 10.6 Å². The summed E-state index contributed by atoms with van der Waals surface area (Å²) in [6, 6.07) is 10.5. The van der Waals surface area contributed by atoms with Crippen molar-refractivity contribution in [3.63, 3.8) is 0 Å². The van der Waals surface area contributed by atoms with Gasteiger partial charge in [0.15, 0.2) is 0 Å². The summed E-state index contributed by atoms with van der Waals surface area (Å²) in [5, 5.41) is 2.72. The van der Waals surface area contributed by atoms with Gasteiger partial charge in [-0.15, -0.1) is 0 Å². The fraction of sp³-hybridized carbons (Fsp3) is 0.350. The molecular formula is C20H26N2O6S. The van der Waals surface area contributed by atoms with Gasteiger partial charge in [0.2, 0.25) is 15.9 Å². The van der Waals surface area contributed by atoms with E-state index in [4.69, 9.17) is 14.2 Å². The number of ether oxygens (including phenoxy) is 3. The topological polar surface area (TPSA) is 94.2 Å². The Morgan fingerprint density at radius 3 is 2.21 bits per heavy atom. The second-order valence-electron chi connectivity index (χ2n) is 6.22. The lowest BCUT2D eigenvalue weighted by molar-refractivity contribution is -0.116. The second kappa shape index (κ2) is 9.51. The zero-order chi connectivity index (χ0) is 21.6. The van der Waals surface area contributed by atoms with Gasteiger partial charge in [0.1, 0.15) is 23.3 Å². The highest BCUT2D eigenvalue weighted by molar-refractivity contribution is 7.92. The summed E-state index contributed by atoms with van der Waals surface area (Å²) in [6.45, 7) is 3.87. The van der Waals surface area contributed by atoms with Crippen LogP contribution in [-0.2, 0) is 14.8 Å². The number of methoxy groups -OCH3 is 2. The summed E-state index contributed by atoms with van der Waals surface area (Å²) in [5.41, 5.74) is 0.736. The van der Waals surface area contributed by atoms with E-state index in [1.165, 1.54) is 21.1 Å². The monoisotopic (exact) mass is 422 g/mol. The van der Waals surface area contributed by atoms with E-state index in [2.05, 4.69) is 5.32 Å². The molecule has 9 heteroatoms. The third-order valence-electron chi connectivity index (χ3n) is 4.16. The quantitative estimate of drug-likeness (QED) is 0.668. The first kappa shape index (κ1) is 22.4. The van der Waals surface area contributed by atoms with Crippen molar-refractivity contribution in [2.75, 3.05) is 36.7 Å². The first-order valence-corrected chi connectivity index (χ1v) is 10.8. The number of sulfonamides is 1. The minimum atomic E-state index is -3.73. The van der Waals surface area contributed by atoms with Crippen LogP contribution in [0.4, 0.5) is 11.4 Å². The Bertz CT molecular complexity index is 944. The van der Waals surface area contributed by atoms with E-state index in [9.17, 15) is 13.2 Å². The summed E-state index contributed by atoms with van der Waals surface area (Å²) in [6.07, 6.45) is 1.05. The van der Waals surface area contributed by atoms with Crippen molar-refractivity contribution in [1.29, 1.82) is 0 Å². The van der Waals surface area contributed by atoms with Gasteiger partial charge in [0, 0.05) is 6.07 Å². The third kappa shape index (κ3) is 5.54. The van der Waals surface area contributed by atoms with Gasteiger partial charge in [-0.3, -0.25) is 9.10 Å². The highest BCUT2D eigenvalue weighted by atomic mass is 32.2. The molecule has 0 aliphatic heterocycles. The lowest BCUT2D eigenvalue weighted by Gasteiger charge is -2.28. The van der Waals surface area contributed by atoms with Gasteiger partial charge in [0.25, 0.3) is 0 Å². The molecule has 1 atom stereocenters. The predicted molar refractivity (Wildman–Crippen MR) is 113 cm³/mol. The number of nitrogens with one attached hydrogen (secondary N) is 1. The van der Waals surface area contributed by atoms with Crippen molar-refractivity contribution >= 4 is 27.3 Å². The van der Waals surface area contributed by atoms with Crippen LogP contribution >= 0.6 is 0 Å². The fourth-order valence-corrected chi connectivity index (χ4v) is 3.99. The van der Waals surface area contributed by atoms with Gasteiger partial charge in [-0.25, -0.2) is 8.42 Å². The molecule has 29 heavy (non-hydrogen) atoms. The lowest BCUT2D eigenvalue weighted by atomic mass is 10.2. The molecule has 8 nitrogen and oxygen atoms in total. The zero-order valence-corrected chi connectivity index (χ0v) is 17.9. The molecule has 0 saturated heterocycles. The smallest absolute Gasteiger partial charge is 0.248 e. The van der Waals surface area contributed by atoms with Crippen LogP contribution in [0.3, 0.4) is 0 Å². The number of rotatable bonds is 9. The van der Waals surface area contributed by atoms with E-state index < -0.39 is 22.0 Å². The summed E-state index contributed by atoms with van der Waals surface area (Å²) in [5.74, 6) is 1.05. The molecule has 0 heterocycles. The summed E-state index contributed by atoms with van der Waals surface area (Å²) in [7, 11) is -0.749. The average molecular weight is 423 g/mol. The number of anilines is 2. The second-order valence-corrected chi connectivity index (χ2v) is 8.08. The Kier molecular flexibility index (Phi) is 7.33. The van der Waals surface area contributed by atoms with Gasteiger partial charge in [-0.2, -0.15) is 0 Å². The molecule has 0 radical (unpaired) electrons. The zero-order valence-electron chi connectivity index (χ0n) is 17.1. The minimum Gasteiger partial charge on any atom is -0.497 e. The van der Waals surface area contributed by atoms with E-state index in [1.54, 1.807) is 42.5 Å². The normalized spacial score (nSPS) is 12.0. The lowest BCUT2D eigenvalue weighted by Crippen LogP contribution is -2.45. The van der Waals surface area contributed by atoms with Crippen LogP contribution in [0.2, 0.25) is 0 Å². The van der Waals surface area contributed by atoms with Crippen LogP contribution in [0.1, 0.15) is 13.8 Å². The Morgan fingerprint density at radius 1 is 1.07 bits per heavy atom. The Labute approximate surface area is 171 Å². The molecule has 1 N–H and O–H groups in total. The highest BCUT2D eigenvalue weighted by Crippen LogP contribution is 2.30. The molecule has 158 valence electrons. The molecule has 0 spiro atoms. The number of benzene rings is 2. The van der Waals surface area contributed by atoms with Crippen LogP contribution < -0.4 is 23.8 Å².